The topological polar surface area (TPSA) is 43.8 Å². The molecule has 108 valence electrons. The van der Waals surface area contributed by atoms with Crippen molar-refractivity contribution < 1.29 is 4.39 Å². The van der Waals surface area contributed by atoms with Crippen molar-refractivity contribution in [3.8, 4) is 0 Å². The zero-order valence-corrected chi connectivity index (χ0v) is 11.9. The van der Waals surface area contributed by atoms with Crippen molar-refractivity contribution in [2.75, 3.05) is 6.54 Å². The lowest BCUT2D eigenvalue weighted by Crippen LogP contribution is -2.35. The van der Waals surface area contributed by atoms with Crippen LogP contribution >= 0.6 is 0 Å². The summed E-state index contributed by atoms with van der Waals surface area (Å²) in [5.74, 6) is 0. The average Bonchev–Trinajstić information content (AvgIpc) is 2.88. The third-order valence-electron chi connectivity index (χ3n) is 4.17. The van der Waals surface area contributed by atoms with E-state index in [0.29, 0.717) is 18.9 Å². The van der Waals surface area contributed by atoms with E-state index in [4.69, 9.17) is 5.73 Å². The van der Waals surface area contributed by atoms with Crippen LogP contribution in [-0.4, -0.2) is 22.0 Å². The summed E-state index contributed by atoms with van der Waals surface area (Å²) < 4.78 is 16.5. The maximum atomic E-state index is 14.5. The summed E-state index contributed by atoms with van der Waals surface area (Å²) in [4.78, 5) is 0. The lowest BCUT2D eigenvalue weighted by atomic mass is 9.95. The molecule has 4 heteroatoms. The smallest absolute Gasteiger partial charge is 0.128 e. The number of rotatable bonds is 6. The molecule has 1 aliphatic carbocycles. The van der Waals surface area contributed by atoms with E-state index < -0.39 is 5.67 Å². The van der Waals surface area contributed by atoms with E-state index in [1.54, 1.807) is 0 Å². The second-order valence-electron chi connectivity index (χ2n) is 5.86. The van der Waals surface area contributed by atoms with Crippen molar-refractivity contribution in [1.29, 1.82) is 0 Å². The molecule has 1 aromatic heterocycles. The van der Waals surface area contributed by atoms with Gasteiger partial charge < -0.3 is 5.73 Å². The highest BCUT2D eigenvalue weighted by Gasteiger charge is 2.28. The van der Waals surface area contributed by atoms with E-state index in [1.807, 2.05) is 23.9 Å². The van der Waals surface area contributed by atoms with Gasteiger partial charge in [-0.1, -0.05) is 32.6 Å². The predicted octanol–water partition coefficient (Wildman–Crippen LogP) is 3.40. The van der Waals surface area contributed by atoms with E-state index in [9.17, 15) is 4.39 Å². The van der Waals surface area contributed by atoms with Crippen molar-refractivity contribution in [3.63, 3.8) is 0 Å². The van der Waals surface area contributed by atoms with Crippen LogP contribution in [0.15, 0.2) is 12.3 Å². The minimum Gasteiger partial charge on any atom is -0.328 e. The van der Waals surface area contributed by atoms with E-state index >= 15 is 0 Å². The molecule has 2 N–H and O–H groups in total. The summed E-state index contributed by atoms with van der Waals surface area (Å²) >= 11 is 0. The number of hydrogen-bond donors (Lipinski definition) is 1. The van der Waals surface area contributed by atoms with E-state index in [2.05, 4.69) is 5.10 Å². The molecule has 0 spiro atoms. The Balaban J connectivity index is 1.99. The minimum absolute atomic E-state index is 0.0805. The van der Waals surface area contributed by atoms with Crippen LogP contribution in [0.5, 0.6) is 0 Å². The van der Waals surface area contributed by atoms with E-state index in [1.165, 1.54) is 32.1 Å². The zero-order chi connectivity index (χ0) is 13.7. The molecule has 0 radical (unpaired) electrons. The number of aromatic nitrogens is 2. The van der Waals surface area contributed by atoms with Crippen molar-refractivity contribution in [3.05, 3.63) is 18.0 Å². The largest absolute Gasteiger partial charge is 0.328 e. The Morgan fingerprint density at radius 1 is 1.42 bits per heavy atom. The highest BCUT2D eigenvalue weighted by molar-refractivity contribution is 5.05. The Morgan fingerprint density at radius 2 is 2.16 bits per heavy atom. The molecule has 1 saturated carbocycles. The zero-order valence-electron chi connectivity index (χ0n) is 11.9. The molecule has 19 heavy (non-hydrogen) atoms. The number of nitrogens with two attached hydrogens (primary N) is 1. The SMILES string of the molecule is CCCC(F)(CN)Cc1ccn(C2CCCCC2)n1. The highest BCUT2D eigenvalue weighted by atomic mass is 19.1. The average molecular weight is 267 g/mol. The van der Waals surface area contributed by atoms with Gasteiger partial charge in [-0.25, -0.2) is 4.39 Å². The second-order valence-corrected chi connectivity index (χ2v) is 5.86. The van der Waals surface area contributed by atoms with Gasteiger partial charge in [-0.2, -0.15) is 5.10 Å². The third-order valence-corrected chi connectivity index (χ3v) is 4.17. The van der Waals surface area contributed by atoms with Crippen molar-refractivity contribution in [2.24, 2.45) is 5.73 Å². The predicted molar refractivity (Wildman–Crippen MR) is 75.9 cm³/mol. The molecule has 0 aliphatic heterocycles. The summed E-state index contributed by atoms with van der Waals surface area (Å²) in [6, 6.07) is 2.47. The van der Waals surface area contributed by atoms with Crippen molar-refractivity contribution in [1.82, 2.24) is 9.78 Å². The first-order chi connectivity index (χ1) is 9.17. The van der Waals surface area contributed by atoms with Gasteiger partial charge in [0.25, 0.3) is 0 Å². The van der Waals surface area contributed by atoms with Gasteiger partial charge in [0.2, 0.25) is 0 Å². The maximum Gasteiger partial charge on any atom is 0.128 e. The number of hydrogen-bond acceptors (Lipinski definition) is 2. The monoisotopic (exact) mass is 267 g/mol. The maximum absolute atomic E-state index is 14.5. The standard InChI is InChI=1S/C15H26FN3/c1-2-9-15(16,12-17)11-13-8-10-19(18-13)14-6-4-3-5-7-14/h8,10,14H,2-7,9,11-12,17H2,1H3. The fraction of sp³-hybridized carbons (Fsp3) is 0.800. The molecule has 2 rings (SSSR count). The highest BCUT2D eigenvalue weighted by Crippen LogP contribution is 2.28. The first-order valence-electron chi connectivity index (χ1n) is 7.60. The Bertz CT molecular complexity index is 384. The van der Waals surface area contributed by atoms with Crippen LogP contribution in [0.25, 0.3) is 0 Å². The van der Waals surface area contributed by atoms with Gasteiger partial charge in [0.15, 0.2) is 0 Å². The van der Waals surface area contributed by atoms with Gasteiger partial charge in [-0.05, 0) is 25.3 Å². The molecule has 1 aromatic rings. The molecule has 1 fully saturated rings. The molecule has 0 bridgehead atoms. The normalized spacial score (nSPS) is 20.4. The Labute approximate surface area is 115 Å². The van der Waals surface area contributed by atoms with Crippen molar-refractivity contribution >= 4 is 0 Å². The quantitative estimate of drug-likeness (QED) is 0.858. The Morgan fingerprint density at radius 3 is 2.79 bits per heavy atom. The van der Waals surface area contributed by atoms with Crippen LogP contribution < -0.4 is 5.73 Å². The molecular formula is C15H26FN3. The summed E-state index contributed by atoms with van der Waals surface area (Å²) in [5, 5.41) is 4.57. The first kappa shape index (κ1) is 14.5. The van der Waals surface area contributed by atoms with E-state index in [-0.39, 0.29) is 6.54 Å². The molecule has 1 atom stereocenters. The van der Waals surface area contributed by atoms with Crippen LogP contribution in [0.4, 0.5) is 4.39 Å². The molecule has 1 heterocycles. The van der Waals surface area contributed by atoms with Gasteiger partial charge >= 0.3 is 0 Å². The Hall–Kier alpha value is -0.900. The molecule has 0 aromatic carbocycles. The Kier molecular flexibility index (Phi) is 4.97. The van der Waals surface area contributed by atoms with Crippen LogP contribution in [0.3, 0.4) is 0 Å². The van der Waals surface area contributed by atoms with Crippen LogP contribution in [-0.2, 0) is 6.42 Å². The molecule has 3 nitrogen and oxygen atoms in total. The van der Waals surface area contributed by atoms with Crippen LogP contribution in [0.2, 0.25) is 0 Å². The summed E-state index contributed by atoms with van der Waals surface area (Å²) in [6.07, 6.45) is 9.99. The first-order valence-corrected chi connectivity index (χ1v) is 7.60. The third kappa shape index (κ3) is 3.78. The van der Waals surface area contributed by atoms with E-state index in [0.717, 1.165) is 12.1 Å². The summed E-state index contributed by atoms with van der Waals surface area (Å²) in [6.45, 7) is 2.07. The minimum atomic E-state index is -1.29. The molecule has 0 saturated heterocycles. The lowest BCUT2D eigenvalue weighted by molar-refractivity contribution is 0.156. The van der Waals surface area contributed by atoms with Gasteiger partial charge in [-0.3, -0.25) is 4.68 Å². The fourth-order valence-corrected chi connectivity index (χ4v) is 3.06. The molecule has 0 amide bonds. The number of nitrogens with zero attached hydrogens (tertiary/aromatic N) is 2. The number of halogens is 1. The van der Waals surface area contributed by atoms with Gasteiger partial charge in [0.1, 0.15) is 5.67 Å². The molecule has 1 aliphatic rings. The summed E-state index contributed by atoms with van der Waals surface area (Å²) in [5.41, 5.74) is 5.13. The van der Waals surface area contributed by atoms with Gasteiger partial charge in [-0.15, -0.1) is 0 Å². The van der Waals surface area contributed by atoms with Crippen molar-refractivity contribution in [2.45, 2.75) is 70.0 Å². The molecular weight excluding hydrogens is 241 g/mol. The van der Waals surface area contributed by atoms with Crippen LogP contribution in [0.1, 0.15) is 63.6 Å². The fourth-order valence-electron chi connectivity index (χ4n) is 3.06. The van der Waals surface area contributed by atoms with Gasteiger partial charge in [0.05, 0.1) is 11.7 Å². The van der Waals surface area contributed by atoms with Crippen LogP contribution in [0, 0.1) is 0 Å². The van der Waals surface area contributed by atoms with Gasteiger partial charge in [0, 0.05) is 19.2 Å². The summed E-state index contributed by atoms with van der Waals surface area (Å²) in [7, 11) is 0. The molecule has 1 unspecified atom stereocenters. The lowest BCUT2D eigenvalue weighted by Gasteiger charge is -2.23. The second kappa shape index (κ2) is 6.51. The number of alkyl halides is 1.